The van der Waals surface area contributed by atoms with E-state index in [4.69, 9.17) is 9.84 Å². The van der Waals surface area contributed by atoms with Crippen molar-refractivity contribution in [3.8, 4) is 0 Å². The van der Waals surface area contributed by atoms with Crippen LogP contribution >= 0.6 is 0 Å². The number of carbonyl (C=O) groups excluding carboxylic acids is 1. The van der Waals surface area contributed by atoms with Crippen molar-refractivity contribution in [3.05, 3.63) is 0 Å². The maximum absolute atomic E-state index is 11.3. The number of hydrogen-bond acceptors (Lipinski definition) is 3. The monoisotopic (exact) mass is 216 g/mol. The Kier molecular flexibility index (Phi) is 5.42. The summed E-state index contributed by atoms with van der Waals surface area (Å²) in [6, 6.07) is -0.155. The van der Waals surface area contributed by atoms with Gasteiger partial charge in [-0.1, -0.05) is 6.92 Å². The molecule has 0 radical (unpaired) electrons. The zero-order chi connectivity index (χ0) is 11.1. The van der Waals surface area contributed by atoms with Crippen LogP contribution in [-0.4, -0.2) is 43.0 Å². The molecule has 1 heterocycles. The number of rotatable bonds is 5. The van der Waals surface area contributed by atoms with Gasteiger partial charge >= 0.3 is 6.03 Å². The van der Waals surface area contributed by atoms with Gasteiger partial charge in [0, 0.05) is 13.2 Å². The Balaban J connectivity index is 2.28. The predicted octanol–water partition coefficient (Wildman–Crippen LogP) is 0.235. The molecular formula is C10H20N2O3. The lowest BCUT2D eigenvalue weighted by Gasteiger charge is -2.22. The van der Waals surface area contributed by atoms with Crippen LogP contribution in [0.5, 0.6) is 0 Å². The van der Waals surface area contributed by atoms with Crippen molar-refractivity contribution < 1.29 is 14.6 Å². The standard InChI is InChI=1S/C10H20N2O3/c1-2-8(9-4-3-7-15-9)12-10(14)11-5-6-13/h8-9,13H,2-7H2,1H3,(H2,11,12,14). The average molecular weight is 216 g/mol. The molecule has 5 nitrogen and oxygen atoms in total. The lowest BCUT2D eigenvalue weighted by Crippen LogP contribution is -2.47. The summed E-state index contributed by atoms with van der Waals surface area (Å²) in [5.41, 5.74) is 0. The summed E-state index contributed by atoms with van der Waals surface area (Å²) >= 11 is 0. The average Bonchev–Trinajstić information content (AvgIpc) is 2.76. The number of amides is 2. The second-order valence-electron chi connectivity index (χ2n) is 3.69. The molecule has 88 valence electrons. The predicted molar refractivity (Wildman–Crippen MR) is 56.7 cm³/mol. The normalized spacial score (nSPS) is 22.4. The highest BCUT2D eigenvalue weighted by atomic mass is 16.5. The van der Waals surface area contributed by atoms with Gasteiger partial charge in [-0.2, -0.15) is 0 Å². The lowest BCUT2D eigenvalue weighted by atomic mass is 10.1. The van der Waals surface area contributed by atoms with Gasteiger partial charge in [-0.3, -0.25) is 0 Å². The maximum atomic E-state index is 11.3. The number of aliphatic hydroxyl groups excluding tert-OH is 1. The molecule has 1 fully saturated rings. The summed E-state index contributed by atoms with van der Waals surface area (Å²) in [7, 11) is 0. The van der Waals surface area contributed by atoms with E-state index in [1.165, 1.54) is 0 Å². The molecule has 1 aliphatic heterocycles. The van der Waals surface area contributed by atoms with E-state index in [0.29, 0.717) is 0 Å². The molecule has 1 saturated heterocycles. The van der Waals surface area contributed by atoms with E-state index >= 15 is 0 Å². The van der Waals surface area contributed by atoms with E-state index in [2.05, 4.69) is 10.6 Å². The molecule has 0 aromatic heterocycles. The number of hydrogen-bond donors (Lipinski definition) is 3. The molecule has 1 aliphatic rings. The van der Waals surface area contributed by atoms with Crippen molar-refractivity contribution in [2.24, 2.45) is 0 Å². The number of ether oxygens (including phenoxy) is 1. The van der Waals surface area contributed by atoms with Crippen molar-refractivity contribution in [2.45, 2.75) is 38.3 Å². The molecule has 0 aromatic rings. The number of nitrogens with one attached hydrogen (secondary N) is 2. The fourth-order valence-corrected chi connectivity index (χ4v) is 1.77. The van der Waals surface area contributed by atoms with Crippen molar-refractivity contribution >= 4 is 6.03 Å². The van der Waals surface area contributed by atoms with Gasteiger partial charge in [-0.25, -0.2) is 4.79 Å². The third-order valence-electron chi connectivity index (χ3n) is 2.57. The van der Waals surface area contributed by atoms with Crippen molar-refractivity contribution in [2.75, 3.05) is 19.8 Å². The van der Waals surface area contributed by atoms with Crippen LogP contribution in [0.3, 0.4) is 0 Å². The van der Waals surface area contributed by atoms with Crippen LogP contribution in [-0.2, 0) is 4.74 Å². The number of urea groups is 1. The maximum Gasteiger partial charge on any atom is 0.315 e. The Morgan fingerprint density at radius 3 is 3.00 bits per heavy atom. The van der Waals surface area contributed by atoms with Gasteiger partial charge in [-0.15, -0.1) is 0 Å². The summed E-state index contributed by atoms with van der Waals surface area (Å²) in [4.78, 5) is 11.3. The molecule has 1 rings (SSSR count). The summed E-state index contributed by atoms with van der Waals surface area (Å²) in [6.45, 7) is 3.07. The van der Waals surface area contributed by atoms with Crippen LogP contribution in [0, 0.1) is 0 Å². The molecule has 2 amide bonds. The molecule has 0 saturated carbocycles. The first-order valence-electron chi connectivity index (χ1n) is 5.54. The van der Waals surface area contributed by atoms with Crippen molar-refractivity contribution in [1.29, 1.82) is 0 Å². The third kappa shape index (κ3) is 4.05. The minimum atomic E-state index is -0.230. The van der Waals surface area contributed by atoms with E-state index in [9.17, 15) is 4.79 Å². The molecule has 0 bridgehead atoms. The highest BCUT2D eigenvalue weighted by molar-refractivity contribution is 5.74. The number of carbonyl (C=O) groups is 1. The van der Waals surface area contributed by atoms with E-state index < -0.39 is 0 Å². The fourth-order valence-electron chi connectivity index (χ4n) is 1.77. The van der Waals surface area contributed by atoms with Crippen molar-refractivity contribution in [1.82, 2.24) is 10.6 Å². The fraction of sp³-hybridized carbons (Fsp3) is 0.900. The second kappa shape index (κ2) is 6.63. The lowest BCUT2D eigenvalue weighted by molar-refractivity contribution is 0.0796. The van der Waals surface area contributed by atoms with E-state index in [0.717, 1.165) is 25.9 Å². The van der Waals surface area contributed by atoms with Crippen LogP contribution < -0.4 is 10.6 Å². The number of aliphatic hydroxyl groups is 1. The first-order valence-corrected chi connectivity index (χ1v) is 5.54. The summed E-state index contributed by atoms with van der Waals surface area (Å²) in [5, 5.41) is 14.0. The van der Waals surface area contributed by atoms with Gasteiger partial charge in [-0.05, 0) is 19.3 Å². The van der Waals surface area contributed by atoms with E-state index in [1.807, 2.05) is 6.92 Å². The first-order chi connectivity index (χ1) is 7.27. The first kappa shape index (κ1) is 12.3. The second-order valence-corrected chi connectivity index (χ2v) is 3.69. The Hall–Kier alpha value is -0.810. The van der Waals surface area contributed by atoms with Gasteiger partial charge < -0.3 is 20.5 Å². The van der Waals surface area contributed by atoms with Crippen LogP contribution in [0.4, 0.5) is 4.79 Å². The Labute approximate surface area is 90.2 Å². The molecule has 0 aromatic carbocycles. The molecule has 3 N–H and O–H groups in total. The smallest absolute Gasteiger partial charge is 0.315 e. The quantitative estimate of drug-likeness (QED) is 0.616. The largest absolute Gasteiger partial charge is 0.395 e. The summed E-state index contributed by atoms with van der Waals surface area (Å²) in [5.74, 6) is 0. The van der Waals surface area contributed by atoms with E-state index in [-0.39, 0.29) is 31.3 Å². The van der Waals surface area contributed by atoms with Gasteiger partial charge in [0.05, 0.1) is 18.8 Å². The zero-order valence-electron chi connectivity index (χ0n) is 9.16. The summed E-state index contributed by atoms with van der Waals surface area (Å²) in [6.07, 6.45) is 3.09. The molecular weight excluding hydrogens is 196 g/mol. The molecule has 2 unspecified atom stereocenters. The van der Waals surface area contributed by atoms with Crippen LogP contribution in [0.15, 0.2) is 0 Å². The molecule has 15 heavy (non-hydrogen) atoms. The molecule has 0 spiro atoms. The van der Waals surface area contributed by atoms with Crippen LogP contribution in [0.2, 0.25) is 0 Å². The molecule has 5 heteroatoms. The van der Waals surface area contributed by atoms with Gasteiger partial charge in [0.1, 0.15) is 0 Å². The Morgan fingerprint density at radius 2 is 2.47 bits per heavy atom. The minimum Gasteiger partial charge on any atom is -0.395 e. The van der Waals surface area contributed by atoms with Crippen molar-refractivity contribution in [3.63, 3.8) is 0 Å². The highest BCUT2D eigenvalue weighted by Gasteiger charge is 2.25. The summed E-state index contributed by atoms with van der Waals surface area (Å²) < 4.78 is 5.52. The minimum absolute atomic E-state index is 0.0376. The zero-order valence-corrected chi connectivity index (χ0v) is 9.16. The highest BCUT2D eigenvalue weighted by Crippen LogP contribution is 2.17. The third-order valence-corrected chi connectivity index (χ3v) is 2.57. The topological polar surface area (TPSA) is 70.6 Å². The van der Waals surface area contributed by atoms with Gasteiger partial charge in [0.15, 0.2) is 0 Å². The Morgan fingerprint density at radius 1 is 1.67 bits per heavy atom. The van der Waals surface area contributed by atoms with Gasteiger partial charge in [0.25, 0.3) is 0 Å². The SMILES string of the molecule is CCC(NC(=O)NCCO)C1CCCO1. The Bertz CT molecular complexity index is 193. The van der Waals surface area contributed by atoms with Crippen LogP contribution in [0.1, 0.15) is 26.2 Å². The molecule has 0 aliphatic carbocycles. The van der Waals surface area contributed by atoms with E-state index in [1.54, 1.807) is 0 Å². The van der Waals surface area contributed by atoms with Gasteiger partial charge in [0.2, 0.25) is 0 Å². The van der Waals surface area contributed by atoms with Crippen LogP contribution in [0.25, 0.3) is 0 Å². The molecule has 2 atom stereocenters.